The van der Waals surface area contributed by atoms with Gasteiger partial charge < -0.3 is 5.11 Å². The van der Waals surface area contributed by atoms with Crippen molar-refractivity contribution in [2.75, 3.05) is 0 Å². The molecule has 0 aromatic heterocycles. The Balaban J connectivity index is 0.000000581. The molecule has 4 unspecified atom stereocenters. The van der Waals surface area contributed by atoms with Gasteiger partial charge in [0.25, 0.3) is 0 Å². The Bertz CT molecular complexity index is 465. The quantitative estimate of drug-likeness (QED) is 0.681. The molecule has 4 atom stereocenters. The van der Waals surface area contributed by atoms with Crippen LogP contribution in [0.5, 0.6) is 5.75 Å². The number of phenolic OH excluding ortho intramolecular Hbond substituents is 1. The molecule has 0 amide bonds. The van der Waals surface area contributed by atoms with E-state index in [0.29, 0.717) is 5.75 Å². The summed E-state index contributed by atoms with van der Waals surface area (Å²) in [5.74, 6) is 4.26. The Hall–Kier alpha value is -0.980. The molecule has 1 nitrogen and oxygen atoms in total. The van der Waals surface area contributed by atoms with Crippen LogP contribution in [0.25, 0.3) is 0 Å². The van der Waals surface area contributed by atoms with Gasteiger partial charge in [0.15, 0.2) is 0 Å². The molecule has 110 valence electrons. The van der Waals surface area contributed by atoms with Crippen LogP contribution in [0.2, 0.25) is 0 Å². The number of phenols is 1. The van der Waals surface area contributed by atoms with E-state index in [1.165, 1.54) is 50.5 Å². The van der Waals surface area contributed by atoms with Crippen molar-refractivity contribution in [1.29, 1.82) is 0 Å². The van der Waals surface area contributed by atoms with Gasteiger partial charge in [0.1, 0.15) is 5.75 Å². The summed E-state index contributed by atoms with van der Waals surface area (Å²) in [7, 11) is 0. The maximum Gasteiger partial charge on any atom is 0.115 e. The molecule has 0 aliphatic heterocycles. The minimum Gasteiger partial charge on any atom is -0.508 e. The molecule has 2 saturated carbocycles. The third-order valence-electron chi connectivity index (χ3n) is 5.91. The maximum atomic E-state index is 9.63. The molecule has 1 N–H and O–H groups in total. The van der Waals surface area contributed by atoms with Crippen molar-refractivity contribution in [2.24, 2.45) is 17.8 Å². The largest absolute Gasteiger partial charge is 0.508 e. The molecule has 1 aromatic rings. The molecule has 0 saturated heterocycles. The number of hydrogen-bond donors (Lipinski definition) is 1. The first-order chi connectivity index (χ1) is 9.83. The van der Waals surface area contributed by atoms with Crippen molar-refractivity contribution in [1.82, 2.24) is 0 Å². The fourth-order valence-electron chi connectivity index (χ4n) is 5.19. The number of aryl methyl sites for hydroxylation is 1. The van der Waals surface area contributed by atoms with Crippen LogP contribution in [0.3, 0.4) is 0 Å². The molecule has 4 rings (SSSR count). The lowest BCUT2D eigenvalue weighted by Crippen LogP contribution is -2.33. The maximum absolute atomic E-state index is 9.63. The van der Waals surface area contributed by atoms with Gasteiger partial charge >= 0.3 is 0 Å². The Morgan fingerprint density at radius 1 is 0.950 bits per heavy atom. The van der Waals surface area contributed by atoms with Crippen molar-refractivity contribution in [3.63, 3.8) is 0 Å². The molecular formula is C19H28O. The highest BCUT2D eigenvalue weighted by Crippen LogP contribution is 2.55. The second-order valence-electron chi connectivity index (χ2n) is 6.62. The Kier molecular flexibility index (Phi) is 4.05. The lowest BCUT2D eigenvalue weighted by Gasteiger charge is -2.44. The van der Waals surface area contributed by atoms with Crippen LogP contribution >= 0.6 is 0 Å². The van der Waals surface area contributed by atoms with Crippen LogP contribution < -0.4 is 0 Å². The van der Waals surface area contributed by atoms with Crippen LogP contribution in [-0.2, 0) is 6.42 Å². The summed E-state index contributed by atoms with van der Waals surface area (Å²) in [4.78, 5) is 0. The second kappa shape index (κ2) is 5.79. The lowest BCUT2D eigenvalue weighted by molar-refractivity contribution is 0.136. The first-order valence-corrected chi connectivity index (χ1v) is 8.65. The molecule has 0 bridgehead atoms. The molecule has 3 aliphatic rings. The summed E-state index contributed by atoms with van der Waals surface area (Å²) in [6.45, 7) is 4.00. The fraction of sp³-hybridized carbons (Fsp3) is 0.684. The lowest BCUT2D eigenvalue weighted by atomic mass is 9.61. The predicted molar refractivity (Wildman–Crippen MR) is 84.1 cm³/mol. The van der Waals surface area contributed by atoms with Crippen LogP contribution in [0, 0.1) is 17.8 Å². The fourth-order valence-corrected chi connectivity index (χ4v) is 5.19. The third-order valence-corrected chi connectivity index (χ3v) is 5.91. The first-order valence-electron chi connectivity index (χ1n) is 8.65. The van der Waals surface area contributed by atoms with Gasteiger partial charge in [-0.2, -0.15) is 0 Å². The van der Waals surface area contributed by atoms with Crippen LogP contribution in [0.15, 0.2) is 18.2 Å². The van der Waals surface area contributed by atoms with Gasteiger partial charge in [-0.3, -0.25) is 0 Å². The third kappa shape index (κ3) is 2.25. The van der Waals surface area contributed by atoms with Crippen molar-refractivity contribution >= 4 is 0 Å². The molecule has 3 aliphatic carbocycles. The zero-order valence-electron chi connectivity index (χ0n) is 12.9. The first kappa shape index (κ1) is 14.0. The number of fused-ring (bicyclic) bond motifs is 5. The molecule has 1 aromatic carbocycles. The summed E-state index contributed by atoms with van der Waals surface area (Å²) in [5, 5.41) is 9.63. The topological polar surface area (TPSA) is 20.2 Å². The highest BCUT2D eigenvalue weighted by molar-refractivity contribution is 5.39. The van der Waals surface area contributed by atoms with E-state index in [2.05, 4.69) is 6.07 Å². The number of hydrogen-bond acceptors (Lipinski definition) is 1. The SMILES string of the molecule is CC.Oc1ccc2c(c1)CCC1C2CCC2CCCC21. The van der Waals surface area contributed by atoms with E-state index >= 15 is 0 Å². The molecule has 1 heteroatoms. The highest BCUT2D eigenvalue weighted by Gasteiger charge is 2.43. The van der Waals surface area contributed by atoms with Gasteiger partial charge in [-0.1, -0.05) is 32.8 Å². The normalized spacial score (nSPS) is 34.3. The molecule has 0 heterocycles. The van der Waals surface area contributed by atoms with Crippen molar-refractivity contribution in [3.05, 3.63) is 29.3 Å². The average molecular weight is 272 g/mol. The average Bonchev–Trinajstić information content (AvgIpc) is 2.97. The Morgan fingerprint density at radius 3 is 2.65 bits per heavy atom. The zero-order valence-corrected chi connectivity index (χ0v) is 12.9. The van der Waals surface area contributed by atoms with Gasteiger partial charge in [-0.05, 0) is 79.0 Å². The van der Waals surface area contributed by atoms with Crippen LogP contribution in [-0.4, -0.2) is 5.11 Å². The summed E-state index contributed by atoms with van der Waals surface area (Å²) < 4.78 is 0. The molecule has 20 heavy (non-hydrogen) atoms. The second-order valence-corrected chi connectivity index (χ2v) is 6.62. The van der Waals surface area contributed by atoms with E-state index in [1.54, 1.807) is 5.56 Å². The standard InChI is InChI=1S/C17H22O.C2H6/c18-13-6-9-15-12(10-13)5-8-16-14-3-1-2-11(14)4-7-17(15)16;1-2/h6,9-11,14,16-18H,1-5,7-8H2;1-2H3. The molecule has 0 spiro atoms. The molecule has 0 radical (unpaired) electrons. The molecule has 2 fully saturated rings. The summed E-state index contributed by atoms with van der Waals surface area (Å²) >= 11 is 0. The zero-order chi connectivity index (χ0) is 14.1. The van der Waals surface area contributed by atoms with Gasteiger partial charge in [-0.25, -0.2) is 0 Å². The van der Waals surface area contributed by atoms with Gasteiger partial charge in [0.05, 0.1) is 0 Å². The summed E-state index contributed by atoms with van der Waals surface area (Å²) in [6, 6.07) is 6.10. The van der Waals surface area contributed by atoms with Gasteiger partial charge in [0, 0.05) is 0 Å². The van der Waals surface area contributed by atoms with E-state index in [0.717, 1.165) is 23.7 Å². The van der Waals surface area contributed by atoms with Crippen molar-refractivity contribution < 1.29 is 5.11 Å². The van der Waals surface area contributed by atoms with Crippen molar-refractivity contribution in [2.45, 2.75) is 64.7 Å². The van der Waals surface area contributed by atoms with E-state index in [-0.39, 0.29) is 0 Å². The summed E-state index contributed by atoms with van der Waals surface area (Å²) in [5.41, 5.74) is 2.99. The minimum atomic E-state index is 0.446. The number of rotatable bonds is 0. The van der Waals surface area contributed by atoms with Gasteiger partial charge in [-0.15, -0.1) is 0 Å². The van der Waals surface area contributed by atoms with E-state index < -0.39 is 0 Å². The van der Waals surface area contributed by atoms with Crippen molar-refractivity contribution in [3.8, 4) is 5.75 Å². The summed E-state index contributed by atoms with van der Waals surface area (Å²) in [6.07, 6.45) is 9.85. The number of benzene rings is 1. The molecular weight excluding hydrogens is 244 g/mol. The number of aromatic hydroxyl groups is 1. The smallest absolute Gasteiger partial charge is 0.115 e. The van der Waals surface area contributed by atoms with E-state index in [1.807, 2.05) is 26.0 Å². The predicted octanol–water partition coefficient (Wildman–Crippen LogP) is 5.27. The van der Waals surface area contributed by atoms with E-state index in [9.17, 15) is 5.11 Å². The van der Waals surface area contributed by atoms with Gasteiger partial charge in [0.2, 0.25) is 0 Å². The van der Waals surface area contributed by atoms with Crippen LogP contribution in [0.1, 0.15) is 69.4 Å². The highest BCUT2D eigenvalue weighted by atomic mass is 16.3. The van der Waals surface area contributed by atoms with Crippen LogP contribution in [0.4, 0.5) is 0 Å². The van der Waals surface area contributed by atoms with E-state index in [4.69, 9.17) is 0 Å². The Morgan fingerprint density at radius 2 is 1.80 bits per heavy atom. The Labute approximate surface area is 123 Å². The monoisotopic (exact) mass is 272 g/mol. The minimum absolute atomic E-state index is 0.446.